The van der Waals surface area contributed by atoms with Gasteiger partial charge in [-0.2, -0.15) is 0 Å². The topological polar surface area (TPSA) is 21.7 Å². The maximum Gasteiger partial charge on any atom is 0.151 e. The van der Waals surface area contributed by atoms with E-state index in [1.165, 1.54) is 44.2 Å². The molecule has 3 nitrogen and oxygen atoms in total. The van der Waals surface area contributed by atoms with E-state index in [1.807, 2.05) is 24.3 Å². The number of nitrogens with zero attached hydrogens (tertiary/aromatic N) is 1. The van der Waals surface area contributed by atoms with E-state index in [2.05, 4.69) is 144 Å². The van der Waals surface area contributed by atoms with Gasteiger partial charge >= 0.3 is 0 Å². The molecule has 0 aromatic heterocycles. The zero-order valence-electron chi connectivity index (χ0n) is 25.9. The Labute approximate surface area is 277 Å². The third-order valence-electron chi connectivity index (χ3n) is 10.5. The van der Waals surface area contributed by atoms with Crippen LogP contribution in [-0.4, -0.2) is 0 Å². The fourth-order valence-corrected chi connectivity index (χ4v) is 8.52. The molecule has 224 valence electrons. The molecule has 0 atom stereocenters. The van der Waals surface area contributed by atoms with Gasteiger partial charge in [-0.1, -0.05) is 127 Å². The van der Waals surface area contributed by atoms with Crippen LogP contribution in [0.2, 0.25) is 0 Å². The number of fused-ring (bicyclic) bond motifs is 15. The van der Waals surface area contributed by atoms with Crippen molar-refractivity contribution in [2.75, 3.05) is 4.90 Å². The summed E-state index contributed by atoms with van der Waals surface area (Å²) in [6.07, 6.45) is 0. The van der Waals surface area contributed by atoms with E-state index in [4.69, 9.17) is 9.47 Å². The molecule has 1 spiro atoms. The maximum absolute atomic E-state index is 7.10. The van der Waals surface area contributed by atoms with Gasteiger partial charge in [-0.05, 0) is 69.4 Å². The first-order valence-electron chi connectivity index (χ1n) is 16.4. The normalized spacial score (nSPS) is 14.3. The minimum atomic E-state index is -0.567. The van der Waals surface area contributed by atoms with Gasteiger partial charge in [-0.25, -0.2) is 0 Å². The van der Waals surface area contributed by atoms with E-state index in [9.17, 15) is 0 Å². The van der Waals surface area contributed by atoms with E-state index in [-0.39, 0.29) is 0 Å². The predicted octanol–water partition coefficient (Wildman–Crippen LogP) is 12.0. The summed E-state index contributed by atoms with van der Waals surface area (Å²) < 4.78 is 13.5. The second-order valence-electron chi connectivity index (χ2n) is 12.8. The molecule has 8 aromatic rings. The Kier molecular flexibility index (Phi) is 5.04. The van der Waals surface area contributed by atoms with Gasteiger partial charge in [0.15, 0.2) is 11.5 Å². The van der Waals surface area contributed by atoms with E-state index in [0.717, 1.165) is 50.8 Å². The third-order valence-corrected chi connectivity index (χ3v) is 10.5. The summed E-state index contributed by atoms with van der Waals surface area (Å²) in [5.74, 6) is 3.55. The summed E-state index contributed by atoms with van der Waals surface area (Å²) in [4.78, 5) is 2.33. The highest BCUT2D eigenvalue weighted by Gasteiger charge is 2.52. The molecule has 2 heterocycles. The summed E-state index contributed by atoms with van der Waals surface area (Å²) in [5, 5.41) is 4.58. The first kappa shape index (κ1) is 25.8. The van der Waals surface area contributed by atoms with Crippen molar-refractivity contribution in [2.24, 2.45) is 0 Å². The molecule has 1 aliphatic carbocycles. The van der Waals surface area contributed by atoms with Gasteiger partial charge in [0, 0.05) is 27.6 Å². The highest BCUT2D eigenvalue weighted by Crippen LogP contribution is 2.64. The van der Waals surface area contributed by atoms with Crippen LogP contribution < -0.4 is 14.4 Å². The van der Waals surface area contributed by atoms with Gasteiger partial charge in [-0.15, -0.1) is 0 Å². The molecule has 0 bridgehead atoms. The molecule has 48 heavy (non-hydrogen) atoms. The van der Waals surface area contributed by atoms with Crippen molar-refractivity contribution in [2.45, 2.75) is 5.41 Å². The van der Waals surface area contributed by atoms with Crippen LogP contribution in [0.4, 0.5) is 17.1 Å². The average Bonchev–Trinajstić information content (AvgIpc) is 3.43. The zero-order valence-corrected chi connectivity index (χ0v) is 25.9. The van der Waals surface area contributed by atoms with Crippen LogP contribution in [0, 0.1) is 0 Å². The van der Waals surface area contributed by atoms with Crippen LogP contribution in [0.1, 0.15) is 22.3 Å². The van der Waals surface area contributed by atoms with Crippen molar-refractivity contribution < 1.29 is 9.47 Å². The number of anilines is 3. The lowest BCUT2D eigenvalue weighted by Crippen LogP contribution is -2.32. The fraction of sp³-hybridized carbons (Fsp3) is 0.0222. The van der Waals surface area contributed by atoms with Crippen LogP contribution in [-0.2, 0) is 5.41 Å². The minimum absolute atomic E-state index is 0.567. The molecule has 0 fully saturated rings. The Bertz CT molecular complexity index is 2520. The largest absolute Gasteiger partial charge is 0.455 e. The number of hydrogen-bond donors (Lipinski definition) is 0. The molecule has 0 radical (unpaired) electrons. The summed E-state index contributed by atoms with van der Waals surface area (Å²) >= 11 is 0. The second-order valence-corrected chi connectivity index (χ2v) is 12.8. The summed E-state index contributed by atoms with van der Waals surface area (Å²) in [6, 6.07) is 58.7. The van der Waals surface area contributed by atoms with Crippen LogP contribution in [0.25, 0.3) is 32.7 Å². The Morgan fingerprint density at radius 2 is 0.917 bits per heavy atom. The predicted molar refractivity (Wildman–Crippen MR) is 194 cm³/mol. The third kappa shape index (κ3) is 3.22. The number of para-hydroxylation sites is 4. The van der Waals surface area contributed by atoms with Gasteiger partial charge in [-0.3, -0.25) is 0 Å². The van der Waals surface area contributed by atoms with Gasteiger partial charge in [0.05, 0.1) is 16.8 Å². The fourth-order valence-electron chi connectivity index (χ4n) is 8.52. The number of rotatable bonds is 1. The molecule has 2 aliphatic heterocycles. The van der Waals surface area contributed by atoms with E-state index < -0.39 is 5.41 Å². The van der Waals surface area contributed by atoms with Gasteiger partial charge < -0.3 is 14.4 Å². The standard InChI is InChI=1S/C45H27NO2/c1-3-13-31-28(11-1)21-24-37-43(31)48-44-32-14-4-2-12-29(32)22-25-38(44)45(37)35-16-6-5-15-33(35)34-27-30(23-26-36(34)45)46-39-17-7-9-19-41(39)47-42-20-10-8-18-40(42)46/h1-27H. The van der Waals surface area contributed by atoms with E-state index >= 15 is 0 Å². The molecule has 0 unspecified atom stereocenters. The van der Waals surface area contributed by atoms with Crippen molar-refractivity contribution >= 4 is 38.6 Å². The molecule has 0 N–H and O–H groups in total. The van der Waals surface area contributed by atoms with Crippen LogP contribution in [0.15, 0.2) is 164 Å². The van der Waals surface area contributed by atoms with Crippen molar-refractivity contribution in [3.63, 3.8) is 0 Å². The average molecular weight is 614 g/mol. The lowest BCUT2D eigenvalue weighted by molar-refractivity contribution is 0.447. The molecule has 8 aromatic carbocycles. The molecule has 3 heteroatoms. The molecular formula is C45H27NO2. The summed E-state index contributed by atoms with van der Waals surface area (Å²) in [6.45, 7) is 0. The van der Waals surface area contributed by atoms with Gasteiger partial charge in [0.2, 0.25) is 0 Å². The molecule has 0 saturated heterocycles. The first-order chi connectivity index (χ1) is 23.8. The molecule has 0 saturated carbocycles. The van der Waals surface area contributed by atoms with Crippen molar-refractivity contribution in [1.82, 2.24) is 0 Å². The number of hydrogen-bond acceptors (Lipinski definition) is 3. The monoisotopic (exact) mass is 613 g/mol. The Balaban J connectivity index is 1.24. The van der Waals surface area contributed by atoms with Crippen LogP contribution in [0.5, 0.6) is 23.0 Å². The van der Waals surface area contributed by atoms with Crippen molar-refractivity contribution in [1.29, 1.82) is 0 Å². The maximum atomic E-state index is 7.10. The molecule has 11 rings (SSSR count). The molecular weight excluding hydrogens is 587 g/mol. The first-order valence-corrected chi connectivity index (χ1v) is 16.4. The van der Waals surface area contributed by atoms with Crippen molar-refractivity contribution in [3.05, 3.63) is 186 Å². The number of ether oxygens (including phenoxy) is 2. The SMILES string of the molecule is c1ccc2c(c1)Oc1ccccc1N2c1ccc2c(c1)-c1ccccc1C21c2ccc3ccccc3c2Oc2c1ccc1ccccc21. The van der Waals surface area contributed by atoms with Crippen molar-refractivity contribution in [3.8, 4) is 34.1 Å². The van der Waals surface area contributed by atoms with Crippen LogP contribution >= 0.6 is 0 Å². The van der Waals surface area contributed by atoms with E-state index in [1.54, 1.807) is 0 Å². The highest BCUT2D eigenvalue weighted by molar-refractivity contribution is 6.00. The molecule has 0 amide bonds. The molecule has 3 aliphatic rings. The van der Waals surface area contributed by atoms with Gasteiger partial charge in [0.25, 0.3) is 0 Å². The highest BCUT2D eigenvalue weighted by atomic mass is 16.5. The Morgan fingerprint density at radius 3 is 1.58 bits per heavy atom. The lowest BCUT2D eigenvalue weighted by atomic mass is 9.65. The summed E-state index contributed by atoms with van der Waals surface area (Å²) in [5.41, 5.74) is 9.92. The Hall–Kier alpha value is -6.32. The van der Waals surface area contributed by atoms with E-state index in [0.29, 0.717) is 0 Å². The quantitative estimate of drug-likeness (QED) is 0.184. The smallest absolute Gasteiger partial charge is 0.151 e. The minimum Gasteiger partial charge on any atom is -0.455 e. The summed E-state index contributed by atoms with van der Waals surface area (Å²) in [7, 11) is 0. The number of benzene rings is 8. The zero-order chi connectivity index (χ0) is 31.4. The second kappa shape index (κ2) is 9.37. The van der Waals surface area contributed by atoms with Crippen LogP contribution in [0.3, 0.4) is 0 Å². The Morgan fingerprint density at radius 1 is 0.396 bits per heavy atom. The van der Waals surface area contributed by atoms with Gasteiger partial charge in [0.1, 0.15) is 11.5 Å². The lowest BCUT2D eigenvalue weighted by Gasteiger charge is -2.40.